The van der Waals surface area contributed by atoms with Gasteiger partial charge in [0.1, 0.15) is 11.9 Å². The van der Waals surface area contributed by atoms with Crippen molar-refractivity contribution in [2.45, 2.75) is 37.4 Å². The number of esters is 1. The van der Waals surface area contributed by atoms with Gasteiger partial charge >= 0.3 is 5.97 Å². The van der Waals surface area contributed by atoms with E-state index in [-0.39, 0.29) is 17.7 Å². The van der Waals surface area contributed by atoms with Crippen LogP contribution in [0.15, 0.2) is 18.2 Å². The van der Waals surface area contributed by atoms with Gasteiger partial charge in [-0.1, -0.05) is 19.1 Å². The monoisotopic (exact) mass is 542 g/mol. The molecule has 3 aliphatic carbocycles. The number of benzene rings is 1. The number of ether oxygens (including phenoxy) is 2. The molecule has 0 radical (unpaired) electrons. The molecule has 2 unspecified atom stereocenters. The van der Waals surface area contributed by atoms with Gasteiger partial charge in [-0.25, -0.2) is 0 Å². The molecule has 5 rings (SSSR count). The summed E-state index contributed by atoms with van der Waals surface area (Å²) in [5.41, 5.74) is 2.60. The number of carbonyl (C=O) groups is 6. The minimum Gasteiger partial charge on any atom is -0.507 e. The van der Waals surface area contributed by atoms with Crippen LogP contribution < -0.4 is 5.73 Å². The number of fused-ring (bicyclic) bond motifs is 3. The molecule has 3 fully saturated rings. The number of phenols is 1. The molecule has 0 bridgehead atoms. The summed E-state index contributed by atoms with van der Waals surface area (Å²) in [5, 5.41) is 22.1. The van der Waals surface area contributed by atoms with E-state index in [1.807, 2.05) is 4.90 Å². The topological polar surface area (TPSA) is 191 Å². The zero-order valence-corrected chi connectivity index (χ0v) is 21.3. The Morgan fingerprint density at radius 2 is 1.85 bits per heavy atom. The second-order valence-electron chi connectivity index (χ2n) is 10.7. The molecule has 7 atom stereocenters. The first-order valence-electron chi connectivity index (χ1n) is 13.0. The van der Waals surface area contributed by atoms with Crippen molar-refractivity contribution in [2.24, 2.45) is 29.4 Å². The zero-order valence-electron chi connectivity index (χ0n) is 21.3. The van der Waals surface area contributed by atoms with Crippen molar-refractivity contribution in [2.75, 3.05) is 32.8 Å². The fraction of sp³-hybridized carbons (Fsp3) is 0.556. The molecular formula is C27H30N2O10. The molecule has 4 aliphatic rings. The van der Waals surface area contributed by atoms with Gasteiger partial charge in [0.15, 0.2) is 34.7 Å². The first-order chi connectivity index (χ1) is 18.5. The van der Waals surface area contributed by atoms with Gasteiger partial charge in [-0.15, -0.1) is 0 Å². The number of carbonyl (C=O) groups excluding carboxylic acids is 6. The summed E-state index contributed by atoms with van der Waals surface area (Å²) in [6.45, 7) is 4.34. The smallest absolute Gasteiger partial charge is 0.307 e. The number of aromatic hydroxyl groups is 1. The highest BCUT2D eigenvalue weighted by Gasteiger charge is 2.71. The zero-order chi connectivity index (χ0) is 28.2. The minimum atomic E-state index is -2.96. The summed E-state index contributed by atoms with van der Waals surface area (Å²) in [5.74, 6) is -13.6. The molecule has 0 aromatic heterocycles. The van der Waals surface area contributed by atoms with E-state index in [1.54, 1.807) is 13.0 Å². The Bertz CT molecular complexity index is 1270. The maximum atomic E-state index is 13.8. The van der Waals surface area contributed by atoms with E-state index < -0.39 is 82.7 Å². The fourth-order valence-electron chi connectivity index (χ4n) is 6.73. The van der Waals surface area contributed by atoms with Crippen LogP contribution in [0.25, 0.3) is 0 Å². The highest BCUT2D eigenvalue weighted by atomic mass is 16.5. The Morgan fingerprint density at radius 3 is 2.51 bits per heavy atom. The number of rotatable bonds is 5. The first-order valence-corrected chi connectivity index (χ1v) is 13.0. The number of ketones is 4. The van der Waals surface area contributed by atoms with Gasteiger partial charge in [-0.2, -0.15) is 0 Å². The lowest BCUT2D eigenvalue weighted by Gasteiger charge is -2.53. The van der Waals surface area contributed by atoms with Crippen LogP contribution in [0.5, 0.6) is 5.75 Å². The van der Waals surface area contributed by atoms with E-state index in [1.165, 1.54) is 12.1 Å². The molecule has 1 aromatic rings. The lowest BCUT2D eigenvalue weighted by atomic mass is 9.50. The van der Waals surface area contributed by atoms with Crippen molar-refractivity contribution in [3.8, 4) is 5.75 Å². The van der Waals surface area contributed by atoms with Gasteiger partial charge in [-0.3, -0.25) is 33.7 Å². The highest BCUT2D eigenvalue weighted by Crippen LogP contribution is 2.54. The molecule has 12 nitrogen and oxygen atoms in total. The molecule has 208 valence electrons. The molecule has 39 heavy (non-hydrogen) atoms. The summed E-state index contributed by atoms with van der Waals surface area (Å²) < 4.78 is 11.2. The first kappa shape index (κ1) is 27.1. The Morgan fingerprint density at radius 1 is 1.15 bits per heavy atom. The van der Waals surface area contributed by atoms with Crippen LogP contribution in [-0.4, -0.2) is 94.7 Å². The number of amides is 1. The molecule has 1 aliphatic heterocycles. The fourth-order valence-corrected chi connectivity index (χ4v) is 6.73. The number of primary amides is 1. The standard InChI is InChI=1S/C27H30N2O10/c1-12-13-3-2-4-15(30)19(13)22(33)21-18(12)23(39-17(32)5-6-29-7-9-38-10-8-29)14-11-16(31)20(26(28)36)24(34)27(14,37)25(21)35/h2-4,12,14,18,20-21,23,30,37H,5-11H2,1H3,(H2,28,36)/t12-,14+,18+,20?,21?,23+,27+/m0/s1. The molecule has 0 spiro atoms. The number of Topliss-reactive ketones (excluding diaryl/α,β-unsaturated/α-hetero) is 4. The third-order valence-corrected chi connectivity index (χ3v) is 8.70. The Labute approximate surface area is 223 Å². The van der Waals surface area contributed by atoms with E-state index in [0.717, 1.165) is 0 Å². The maximum Gasteiger partial charge on any atom is 0.307 e. The number of hydrogen-bond acceptors (Lipinski definition) is 11. The van der Waals surface area contributed by atoms with Crippen LogP contribution >= 0.6 is 0 Å². The third kappa shape index (κ3) is 4.17. The predicted molar refractivity (Wildman–Crippen MR) is 130 cm³/mol. The van der Waals surface area contributed by atoms with Crippen LogP contribution in [0, 0.1) is 23.7 Å². The van der Waals surface area contributed by atoms with Crippen molar-refractivity contribution < 1.29 is 48.5 Å². The molecule has 1 heterocycles. The molecule has 12 heteroatoms. The van der Waals surface area contributed by atoms with E-state index in [0.29, 0.717) is 38.4 Å². The number of morpholine rings is 1. The van der Waals surface area contributed by atoms with Gasteiger partial charge in [0.05, 0.1) is 31.1 Å². The van der Waals surface area contributed by atoms with Crippen molar-refractivity contribution in [3.63, 3.8) is 0 Å². The van der Waals surface area contributed by atoms with Crippen LogP contribution in [0.2, 0.25) is 0 Å². The maximum absolute atomic E-state index is 13.8. The highest BCUT2D eigenvalue weighted by molar-refractivity contribution is 6.31. The summed E-state index contributed by atoms with van der Waals surface area (Å²) in [7, 11) is 0. The van der Waals surface area contributed by atoms with Crippen molar-refractivity contribution in [1.82, 2.24) is 4.90 Å². The Balaban J connectivity index is 1.56. The quantitative estimate of drug-likeness (QED) is 0.310. The van der Waals surface area contributed by atoms with Gasteiger partial charge in [0.25, 0.3) is 0 Å². The Kier molecular flexibility index (Phi) is 6.90. The summed E-state index contributed by atoms with van der Waals surface area (Å²) in [6, 6.07) is 4.43. The van der Waals surface area contributed by atoms with Crippen LogP contribution in [0.3, 0.4) is 0 Å². The molecule has 1 saturated heterocycles. The summed E-state index contributed by atoms with van der Waals surface area (Å²) in [6.07, 6.45) is -2.07. The van der Waals surface area contributed by atoms with Gasteiger partial charge in [0, 0.05) is 37.9 Å². The molecule has 1 aromatic carbocycles. The molecule has 1 amide bonds. The lowest BCUT2D eigenvalue weighted by molar-refractivity contribution is -0.198. The number of phenolic OH excluding ortho intramolecular Hbond substituents is 1. The van der Waals surface area contributed by atoms with E-state index in [4.69, 9.17) is 15.2 Å². The average Bonchev–Trinajstić information content (AvgIpc) is 2.89. The van der Waals surface area contributed by atoms with Crippen molar-refractivity contribution in [1.29, 1.82) is 0 Å². The molecule has 4 N–H and O–H groups in total. The van der Waals surface area contributed by atoms with Crippen molar-refractivity contribution in [3.05, 3.63) is 29.3 Å². The second-order valence-corrected chi connectivity index (χ2v) is 10.7. The second kappa shape index (κ2) is 9.92. The number of nitrogens with two attached hydrogens (primary N) is 1. The molecule has 2 saturated carbocycles. The third-order valence-electron chi connectivity index (χ3n) is 8.70. The normalized spacial score (nSPS) is 34.6. The van der Waals surface area contributed by atoms with Crippen LogP contribution in [-0.2, 0) is 33.4 Å². The predicted octanol–water partition coefficient (Wildman–Crippen LogP) is -0.868. The lowest BCUT2D eigenvalue weighted by Crippen LogP contribution is -2.73. The average molecular weight is 543 g/mol. The number of nitrogens with zero attached hydrogens (tertiary/aromatic N) is 1. The van der Waals surface area contributed by atoms with Crippen LogP contribution in [0.1, 0.15) is 41.6 Å². The number of hydrogen-bond donors (Lipinski definition) is 3. The van der Waals surface area contributed by atoms with Gasteiger partial charge in [0.2, 0.25) is 5.91 Å². The van der Waals surface area contributed by atoms with Gasteiger partial charge < -0.3 is 25.4 Å². The van der Waals surface area contributed by atoms with E-state index >= 15 is 0 Å². The largest absolute Gasteiger partial charge is 0.507 e. The van der Waals surface area contributed by atoms with E-state index in [9.17, 15) is 39.0 Å². The minimum absolute atomic E-state index is 0.0571. The SMILES string of the molecule is C[C@H]1c2cccc(O)c2C(=O)C2C(=O)[C@]3(O)C(=O)C(C(N)=O)C(=O)C[C@@H]3[C@@H](OC(=O)CCN3CCOCC3)[C@@H]21. The Hall–Kier alpha value is -3.48. The summed E-state index contributed by atoms with van der Waals surface area (Å²) in [4.78, 5) is 80.8. The van der Waals surface area contributed by atoms with Crippen LogP contribution in [0.4, 0.5) is 0 Å². The number of aliphatic hydroxyl groups is 1. The van der Waals surface area contributed by atoms with E-state index in [2.05, 4.69) is 0 Å². The summed E-state index contributed by atoms with van der Waals surface area (Å²) >= 11 is 0. The van der Waals surface area contributed by atoms with Gasteiger partial charge in [-0.05, 0) is 17.5 Å². The molecular weight excluding hydrogens is 512 g/mol. The van der Waals surface area contributed by atoms with Crippen molar-refractivity contribution >= 4 is 35.0 Å².